The first-order chi connectivity index (χ1) is 7.28. The Kier molecular flexibility index (Phi) is 2.85. The number of hydrogen-bond donors (Lipinski definition) is 1. The van der Waals surface area contributed by atoms with Crippen molar-refractivity contribution in [2.24, 2.45) is 0 Å². The van der Waals surface area contributed by atoms with Crippen LogP contribution in [0, 0.1) is 0 Å². The lowest BCUT2D eigenvalue weighted by atomic mass is 10.1. The Morgan fingerprint density at radius 3 is 3.00 bits per heavy atom. The normalized spacial score (nSPS) is 20.1. The molecule has 1 N–H and O–H groups in total. The van der Waals surface area contributed by atoms with Crippen molar-refractivity contribution in [1.29, 1.82) is 0 Å². The summed E-state index contributed by atoms with van der Waals surface area (Å²) in [5.41, 5.74) is 1.13. The lowest BCUT2D eigenvalue weighted by molar-refractivity contribution is -0.119. The highest BCUT2D eigenvalue weighted by Crippen LogP contribution is 2.14. The van der Waals surface area contributed by atoms with Crippen LogP contribution in [0.2, 0.25) is 0 Å². The Morgan fingerprint density at radius 1 is 1.60 bits per heavy atom. The highest BCUT2D eigenvalue weighted by molar-refractivity contribution is 5.78. The van der Waals surface area contributed by atoms with E-state index in [0.717, 1.165) is 18.4 Å². The maximum atomic E-state index is 11.0. The second-order valence-corrected chi connectivity index (χ2v) is 3.72. The van der Waals surface area contributed by atoms with E-state index in [0.29, 0.717) is 12.3 Å². The summed E-state index contributed by atoms with van der Waals surface area (Å²) in [6.07, 6.45) is 4.21. The fourth-order valence-corrected chi connectivity index (χ4v) is 1.77. The van der Waals surface area contributed by atoms with Gasteiger partial charge in [-0.15, -0.1) is 0 Å². The molecule has 15 heavy (non-hydrogen) atoms. The predicted molar refractivity (Wildman–Crippen MR) is 55.7 cm³/mol. The number of rotatable bonds is 3. The topological polar surface area (TPSA) is 51.2 Å². The number of ether oxygens (including phenoxy) is 1. The van der Waals surface area contributed by atoms with Gasteiger partial charge in [-0.25, -0.2) is 4.98 Å². The minimum atomic E-state index is 0.154. The van der Waals surface area contributed by atoms with Gasteiger partial charge in [-0.05, 0) is 18.4 Å². The average molecular weight is 206 g/mol. The molecule has 0 radical (unpaired) electrons. The standard InChI is InChI=1S/C11H14N2O2/c1-15-11-5-2-8(7-12-11)6-9-3-4-10(14)13-9/h2,5,7,9H,3-4,6H2,1H3,(H,13,14). The van der Waals surface area contributed by atoms with E-state index in [1.165, 1.54) is 0 Å². The summed E-state index contributed by atoms with van der Waals surface area (Å²) >= 11 is 0. The molecule has 80 valence electrons. The van der Waals surface area contributed by atoms with Gasteiger partial charge in [-0.3, -0.25) is 4.79 Å². The molecule has 1 aromatic rings. The van der Waals surface area contributed by atoms with Gasteiger partial charge in [0.2, 0.25) is 11.8 Å². The number of pyridine rings is 1. The molecule has 1 aliphatic heterocycles. The van der Waals surface area contributed by atoms with Crippen LogP contribution in [0.15, 0.2) is 18.3 Å². The smallest absolute Gasteiger partial charge is 0.220 e. The fourth-order valence-electron chi connectivity index (χ4n) is 1.77. The summed E-state index contributed by atoms with van der Waals surface area (Å²) in [5.74, 6) is 0.774. The number of nitrogens with one attached hydrogen (secondary N) is 1. The van der Waals surface area contributed by atoms with Crippen LogP contribution in [0.5, 0.6) is 5.88 Å². The van der Waals surface area contributed by atoms with Gasteiger partial charge in [0, 0.05) is 24.7 Å². The summed E-state index contributed by atoms with van der Waals surface area (Å²) in [4.78, 5) is 15.1. The first kappa shape index (κ1) is 9.96. The van der Waals surface area contributed by atoms with Gasteiger partial charge in [0.15, 0.2) is 0 Å². The Hall–Kier alpha value is -1.58. The van der Waals surface area contributed by atoms with Crippen molar-refractivity contribution in [3.63, 3.8) is 0 Å². The lowest BCUT2D eigenvalue weighted by Crippen LogP contribution is -2.27. The van der Waals surface area contributed by atoms with Crippen molar-refractivity contribution < 1.29 is 9.53 Å². The molecule has 2 heterocycles. The van der Waals surface area contributed by atoms with Crippen LogP contribution in [-0.4, -0.2) is 24.0 Å². The molecule has 1 amide bonds. The maximum absolute atomic E-state index is 11.0. The zero-order valence-electron chi connectivity index (χ0n) is 8.69. The van der Waals surface area contributed by atoms with E-state index < -0.39 is 0 Å². The fraction of sp³-hybridized carbons (Fsp3) is 0.455. The van der Waals surface area contributed by atoms with Crippen LogP contribution in [0.1, 0.15) is 18.4 Å². The molecule has 0 saturated carbocycles. The van der Waals surface area contributed by atoms with Crippen LogP contribution in [0.3, 0.4) is 0 Å². The molecule has 2 rings (SSSR count). The van der Waals surface area contributed by atoms with Crippen molar-refractivity contribution >= 4 is 5.91 Å². The summed E-state index contributed by atoms with van der Waals surface area (Å²) in [6, 6.07) is 4.09. The van der Waals surface area contributed by atoms with E-state index in [9.17, 15) is 4.79 Å². The zero-order chi connectivity index (χ0) is 10.7. The monoisotopic (exact) mass is 206 g/mol. The number of carbonyl (C=O) groups is 1. The number of carbonyl (C=O) groups excluding carboxylic acids is 1. The van der Waals surface area contributed by atoms with E-state index in [1.807, 2.05) is 12.1 Å². The first-order valence-electron chi connectivity index (χ1n) is 5.06. The molecule has 1 fully saturated rings. The second kappa shape index (κ2) is 4.29. The summed E-state index contributed by atoms with van der Waals surface area (Å²) in [7, 11) is 1.60. The summed E-state index contributed by atoms with van der Waals surface area (Å²) in [5, 5.41) is 2.93. The molecule has 1 aliphatic rings. The first-order valence-corrected chi connectivity index (χ1v) is 5.06. The number of hydrogen-bond acceptors (Lipinski definition) is 3. The second-order valence-electron chi connectivity index (χ2n) is 3.72. The highest BCUT2D eigenvalue weighted by atomic mass is 16.5. The van der Waals surface area contributed by atoms with E-state index in [4.69, 9.17) is 4.74 Å². The third-order valence-electron chi connectivity index (χ3n) is 2.57. The molecule has 1 unspecified atom stereocenters. The van der Waals surface area contributed by atoms with Gasteiger partial charge in [-0.1, -0.05) is 6.07 Å². The predicted octanol–water partition coefficient (Wildman–Crippen LogP) is 0.911. The molecule has 0 spiro atoms. The lowest BCUT2D eigenvalue weighted by Gasteiger charge is -2.09. The molecule has 1 aromatic heterocycles. The van der Waals surface area contributed by atoms with Gasteiger partial charge >= 0.3 is 0 Å². The summed E-state index contributed by atoms with van der Waals surface area (Å²) in [6.45, 7) is 0. The average Bonchev–Trinajstić information content (AvgIpc) is 2.65. The Morgan fingerprint density at radius 2 is 2.47 bits per heavy atom. The Balaban J connectivity index is 1.96. The van der Waals surface area contributed by atoms with Gasteiger partial charge < -0.3 is 10.1 Å². The quantitative estimate of drug-likeness (QED) is 0.799. The minimum absolute atomic E-state index is 0.154. The van der Waals surface area contributed by atoms with Crippen molar-refractivity contribution in [3.8, 4) is 5.88 Å². The van der Waals surface area contributed by atoms with E-state index in [1.54, 1.807) is 13.3 Å². The molecule has 1 saturated heterocycles. The van der Waals surface area contributed by atoms with Crippen molar-refractivity contribution in [2.75, 3.05) is 7.11 Å². The van der Waals surface area contributed by atoms with Crippen LogP contribution in [-0.2, 0) is 11.2 Å². The SMILES string of the molecule is COc1ccc(CC2CCC(=O)N2)cn1. The zero-order valence-corrected chi connectivity index (χ0v) is 8.69. The third-order valence-corrected chi connectivity index (χ3v) is 2.57. The molecule has 1 atom stereocenters. The maximum Gasteiger partial charge on any atom is 0.220 e. The molecule has 0 bridgehead atoms. The van der Waals surface area contributed by atoms with Gasteiger partial charge in [0.05, 0.1) is 7.11 Å². The Labute approximate surface area is 88.7 Å². The third kappa shape index (κ3) is 2.46. The van der Waals surface area contributed by atoms with Crippen LogP contribution in [0.4, 0.5) is 0 Å². The molecule has 4 heteroatoms. The van der Waals surface area contributed by atoms with Crippen LogP contribution < -0.4 is 10.1 Å². The van der Waals surface area contributed by atoms with Crippen molar-refractivity contribution in [1.82, 2.24) is 10.3 Å². The number of aromatic nitrogens is 1. The van der Waals surface area contributed by atoms with Gasteiger partial charge in [0.1, 0.15) is 0 Å². The summed E-state index contributed by atoms with van der Waals surface area (Å²) < 4.78 is 4.98. The molecular formula is C11H14N2O2. The molecule has 4 nitrogen and oxygen atoms in total. The molecular weight excluding hydrogens is 192 g/mol. The van der Waals surface area contributed by atoms with E-state index in [2.05, 4.69) is 10.3 Å². The van der Waals surface area contributed by atoms with Gasteiger partial charge in [0.25, 0.3) is 0 Å². The van der Waals surface area contributed by atoms with Crippen LogP contribution >= 0.6 is 0 Å². The Bertz CT molecular complexity index is 348. The van der Waals surface area contributed by atoms with Gasteiger partial charge in [-0.2, -0.15) is 0 Å². The molecule has 0 aliphatic carbocycles. The minimum Gasteiger partial charge on any atom is -0.481 e. The molecule has 0 aromatic carbocycles. The largest absolute Gasteiger partial charge is 0.481 e. The number of amides is 1. The number of methoxy groups -OCH3 is 1. The van der Waals surface area contributed by atoms with E-state index >= 15 is 0 Å². The number of nitrogens with zero attached hydrogens (tertiary/aromatic N) is 1. The van der Waals surface area contributed by atoms with Crippen molar-refractivity contribution in [2.45, 2.75) is 25.3 Å². The highest BCUT2D eigenvalue weighted by Gasteiger charge is 2.20. The van der Waals surface area contributed by atoms with E-state index in [-0.39, 0.29) is 11.9 Å². The van der Waals surface area contributed by atoms with Crippen molar-refractivity contribution in [3.05, 3.63) is 23.9 Å². The van der Waals surface area contributed by atoms with Crippen LogP contribution in [0.25, 0.3) is 0 Å².